The third kappa shape index (κ3) is 43.7. The maximum absolute atomic E-state index is 9.76. The Morgan fingerprint density at radius 3 is 0.656 bits per heavy atom. The van der Waals surface area contributed by atoms with E-state index >= 15 is 0 Å². The van der Waals surface area contributed by atoms with Crippen LogP contribution in [0.5, 0.6) is 0 Å². The van der Waals surface area contributed by atoms with Crippen LogP contribution in [0.2, 0.25) is 0 Å². The van der Waals surface area contributed by atoms with Crippen molar-refractivity contribution in [3.05, 3.63) is 0 Å². The van der Waals surface area contributed by atoms with Crippen LogP contribution >= 0.6 is 50.5 Å². The first kappa shape index (κ1) is 45.4. The van der Waals surface area contributed by atoms with Gasteiger partial charge in [0.15, 0.2) is 0 Å². The molecule has 0 aliphatic heterocycles. The molecule has 0 saturated heterocycles. The van der Waals surface area contributed by atoms with Gasteiger partial charge in [0, 0.05) is 23.0 Å². The number of carbonyl (C=O) groups is 4. The van der Waals surface area contributed by atoms with Gasteiger partial charge in [0.2, 0.25) is 0 Å². The van der Waals surface area contributed by atoms with Crippen LogP contribution in [0.15, 0.2) is 0 Å². The third-order valence-electron chi connectivity index (χ3n) is 2.06. The van der Waals surface area contributed by atoms with Crippen LogP contribution in [0.25, 0.3) is 0 Å². The van der Waals surface area contributed by atoms with Gasteiger partial charge >= 0.3 is 64.9 Å². The molecule has 0 aromatic heterocycles. The maximum atomic E-state index is 9.76. The van der Waals surface area contributed by atoms with E-state index in [0.717, 1.165) is 33.6 Å². The van der Waals surface area contributed by atoms with Gasteiger partial charge in [0.05, 0.1) is 0 Å². The molecule has 12 N–H and O–H groups in total. The van der Waals surface area contributed by atoms with Gasteiger partial charge in [0.25, 0.3) is 0 Å². The summed E-state index contributed by atoms with van der Waals surface area (Å²) < 4.78 is 16.4. The summed E-state index contributed by atoms with van der Waals surface area (Å²) in [6.07, 6.45) is 0. The average Bonchev–Trinajstić information content (AvgIpc) is 2.80. The van der Waals surface area contributed by atoms with Gasteiger partial charge in [-0.15, -0.1) is 0 Å². The van der Waals surface area contributed by atoms with Crippen molar-refractivity contribution in [2.24, 2.45) is 22.9 Å². The van der Waals surface area contributed by atoms with Crippen molar-refractivity contribution in [1.29, 1.82) is 0 Å². The van der Waals surface area contributed by atoms with Crippen LogP contribution in [0.4, 0.5) is 0 Å². The van der Waals surface area contributed by atoms with Gasteiger partial charge in [-0.25, -0.2) is 0 Å². The first-order valence-corrected chi connectivity index (χ1v) is 11.6. The first-order valence-electron chi connectivity index (χ1n) is 7.48. The van der Waals surface area contributed by atoms with Crippen molar-refractivity contribution in [2.75, 3.05) is 23.0 Å². The number of hydrogen-bond acceptors (Lipinski definition) is 14. The molecule has 0 aliphatic rings. The van der Waals surface area contributed by atoms with Gasteiger partial charge in [0.1, 0.15) is 24.2 Å². The number of carboxylic acids is 4. The second kappa shape index (κ2) is 35.4. The molecule has 0 fully saturated rings. The number of hydrogen-bond donors (Lipinski definition) is 12. The topological polar surface area (TPSA) is 287 Å². The summed E-state index contributed by atoms with van der Waals surface area (Å²) in [6, 6.07) is -3.27. The fraction of sp³-hybridized carbons (Fsp3) is 0.667. The quantitative estimate of drug-likeness (QED) is 0.0870. The molecule has 0 unspecified atom stereocenters. The van der Waals surface area contributed by atoms with E-state index < -0.39 is 48.0 Å². The Morgan fingerprint density at radius 2 is 0.656 bits per heavy atom. The molecule has 0 bridgehead atoms. The van der Waals surface area contributed by atoms with Crippen molar-refractivity contribution in [1.82, 2.24) is 0 Å². The van der Waals surface area contributed by atoms with Gasteiger partial charge in [-0.2, -0.15) is 50.5 Å². The summed E-state index contributed by atoms with van der Waals surface area (Å²) in [7, 11) is 0. The molecule has 20 heteroatoms. The van der Waals surface area contributed by atoms with Crippen molar-refractivity contribution < 1.29 is 47.1 Å². The first-order chi connectivity index (χ1) is 14.7. The van der Waals surface area contributed by atoms with E-state index in [-0.39, 0.29) is 23.0 Å². The molecule has 1 radical (unpaired) electrons. The molecule has 0 amide bonds. The minimum atomic E-state index is -1.00. The summed E-state index contributed by atoms with van der Waals surface area (Å²) in [6.45, 7) is 0. The van der Waals surface area contributed by atoms with Crippen molar-refractivity contribution in [3.8, 4) is 0 Å². The van der Waals surface area contributed by atoms with Gasteiger partial charge in [-0.3, -0.25) is 19.2 Å². The second-order valence-electron chi connectivity index (χ2n) is 4.51. The zero-order valence-electron chi connectivity index (χ0n) is 16.4. The molecule has 191 valence electrons. The number of rotatable bonds is 8. The molecule has 0 heterocycles. The molecule has 32 heavy (non-hydrogen) atoms. The average molecular weight is 667 g/mol. The summed E-state index contributed by atoms with van der Waals surface area (Å²) in [5.74, 6) is -3.26. The SMILES string of the molecule is N[C@@H](CS)C(=O)O.N[C@@H](CS)C(=O)O.N[C@@H](CS)C(=O)O.N[C@@H](CS)C(=O)O.O=[AsH].O=[As]. The Morgan fingerprint density at radius 1 is 0.562 bits per heavy atom. The normalized spacial score (nSPS) is 12.0. The standard InChI is InChI=1S/4C3H7NO2S.AsHO.AsO/c4*4-2(1-7)3(5)6;2*1-2/h4*2,7H,1,4H2,(H,5,6);1H;/t4*2-;;/m0000../s1. The third-order valence-corrected chi connectivity index (χ3v) is 3.63. The van der Waals surface area contributed by atoms with Crippen LogP contribution in [0.1, 0.15) is 0 Å². The van der Waals surface area contributed by atoms with Crippen molar-refractivity contribution in [3.63, 3.8) is 0 Å². The molecule has 0 spiro atoms. The van der Waals surface area contributed by atoms with E-state index in [1.165, 1.54) is 0 Å². The Kier molecular flexibility index (Phi) is 50.2. The van der Waals surface area contributed by atoms with Crippen molar-refractivity contribution >= 4 is 108 Å². The number of aliphatic carboxylic acids is 4. The van der Waals surface area contributed by atoms with Crippen molar-refractivity contribution in [2.45, 2.75) is 24.2 Å². The van der Waals surface area contributed by atoms with E-state index in [0.29, 0.717) is 0 Å². The molecule has 0 aliphatic carbocycles. The van der Waals surface area contributed by atoms with E-state index in [1.54, 1.807) is 0 Å². The van der Waals surface area contributed by atoms with Crippen LogP contribution in [0.3, 0.4) is 0 Å². The molecular formula is C12H29As2N4O10S4. The zero-order valence-corrected chi connectivity index (χ0v) is 24.0. The Labute approximate surface area is 224 Å². The summed E-state index contributed by atoms with van der Waals surface area (Å²) in [5.41, 5.74) is 19.8. The molecule has 14 nitrogen and oxygen atoms in total. The Balaban J connectivity index is -0.0000000667. The predicted molar refractivity (Wildman–Crippen MR) is 132 cm³/mol. The molecule has 0 rings (SSSR count). The molecule has 0 saturated carbocycles. The van der Waals surface area contributed by atoms with Gasteiger partial charge in [-0.1, -0.05) is 0 Å². The van der Waals surface area contributed by atoms with Crippen LogP contribution in [-0.4, -0.2) is 125 Å². The molecule has 0 aromatic rings. The Bertz CT molecular complexity index is 421. The fourth-order valence-corrected chi connectivity index (χ4v) is 0.937. The summed E-state index contributed by atoms with van der Waals surface area (Å²) in [5, 5.41) is 32.0. The molecule has 4 atom stereocenters. The molecule has 0 aromatic carbocycles. The zero-order chi connectivity index (χ0) is 27.4. The second-order valence-corrected chi connectivity index (χ2v) is 5.97. The van der Waals surface area contributed by atoms with Gasteiger partial charge in [-0.05, 0) is 0 Å². The number of thiol groups is 4. The Hall–Kier alpha value is -0.163. The molecular weight excluding hydrogens is 638 g/mol. The van der Waals surface area contributed by atoms with E-state index in [9.17, 15) is 19.2 Å². The van der Waals surface area contributed by atoms with E-state index in [2.05, 4.69) is 50.5 Å². The van der Waals surface area contributed by atoms with Crippen LogP contribution < -0.4 is 22.9 Å². The van der Waals surface area contributed by atoms with E-state index in [1.807, 2.05) is 0 Å². The van der Waals surface area contributed by atoms with Crippen LogP contribution in [-0.2, 0) is 26.7 Å². The fourth-order valence-electron chi connectivity index (χ4n) is 0.312. The van der Waals surface area contributed by atoms with Gasteiger partial charge < -0.3 is 43.4 Å². The number of carboxylic acid groups (broad SMARTS) is 4. The monoisotopic (exact) mass is 667 g/mol. The summed E-state index contributed by atoms with van der Waals surface area (Å²) in [4.78, 5) is 39.0. The van der Waals surface area contributed by atoms with E-state index in [4.69, 9.17) is 50.8 Å². The number of nitrogens with two attached hydrogens (primary N) is 4. The predicted octanol–water partition coefficient (Wildman–Crippen LogP) is -3.95. The van der Waals surface area contributed by atoms with Crippen LogP contribution in [0, 0.1) is 0 Å². The summed E-state index contributed by atoms with van der Waals surface area (Å²) >= 11 is 16.4. The minimum absolute atomic E-state index is 0.190.